The van der Waals surface area contributed by atoms with E-state index in [1.54, 1.807) is 12.1 Å². The molecule has 2 N–H and O–H groups in total. The zero-order valence-electron chi connectivity index (χ0n) is 16.0. The minimum Gasteiger partial charge on any atom is -0.348 e. The normalized spacial score (nSPS) is 15.0. The molecule has 0 radical (unpaired) electrons. The quantitative estimate of drug-likeness (QED) is 0.789. The number of anilines is 1. The Morgan fingerprint density at radius 2 is 1.74 bits per heavy atom. The maximum absolute atomic E-state index is 12.6. The Morgan fingerprint density at radius 3 is 2.48 bits per heavy atom. The Morgan fingerprint density at radius 1 is 1.00 bits per heavy atom. The summed E-state index contributed by atoms with van der Waals surface area (Å²) >= 11 is 0. The molecule has 3 rings (SSSR count). The molecule has 1 aliphatic carbocycles. The van der Waals surface area contributed by atoms with Crippen molar-refractivity contribution in [2.45, 2.75) is 58.4 Å². The lowest BCUT2D eigenvalue weighted by Gasteiger charge is -2.16. The van der Waals surface area contributed by atoms with Crippen LogP contribution in [0.1, 0.15) is 70.5 Å². The number of nitrogens with zero attached hydrogens (tertiary/aromatic N) is 1. The van der Waals surface area contributed by atoms with Crippen LogP contribution in [0.2, 0.25) is 0 Å². The number of amides is 2. The molecule has 1 aromatic heterocycles. The number of carbonyl (C=O) groups excluding carboxylic acids is 2. The number of nitrogens with one attached hydrogen (secondary N) is 2. The highest BCUT2D eigenvalue weighted by atomic mass is 16.2. The number of benzene rings is 1. The van der Waals surface area contributed by atoms with Crippen LogP contribution in [0, 0.1) is 13.8 Å². The van der Waals surface area contributed by atoms with Crippen LogP contribution < -0.4 is 10.6 Å². The van der Waals surface area contributed by atoms with E-state index >= 15 is 0 Å². The van der Waals surface area contributed by atoms with Crippen LogP contribution in [0.25, 0.3) is 0 Å². The van der Waals surface area contributed by atoms with Gasteiger partial charge in [0, 0.05) is 23.5 Å². The van der Waals surface area contributed by atoms with Gasteiger partial charge in [-0.3, -0.25) is 14.6 Å². The summed E-state index contributed by atoms with van der Waals surface area (Å²) in [5.41, 5.74) is 3.64. The summed E-state index contributed by atoms with van der Waals surface area (Å²) < 4.78 is 0. The standard InChI is InChI=1S/C22H27N3O2/c1-15-8-7-11-19(16(15)2)25-21(26)17-12-13-23-20(14-17)22(27)24-18-9-5-3-4-6-10-18/h7-8,11-14,18H,3-6,9-10H2,1-2H3,(H,24,27)(H,25,26). The first kappa shape index (κ1) is 19.1. The SMILES string of the molecule is Cc1cccc(NC(=O)c2ccnc(C(=O)NC3CCCCCC3)c2)c1C. The summed E-state index contributed by atoms with van der Waals surface area (Å²) in [6.45, 7) is 3.98. The highest BCUT2D eigenvalue weighted by molar-refractivity contribution is 6.06. The van der Waals surface area contributed by atoms with Gasteiger partial charge in [-0.1, -0.05) is 37.8 Å². The van der Waals surface area contributed by atoms with E-state index in [-0.39, 0.29) is 23.6 Å². The molecule has 0 atom stereocenters. The van der Waals surface area contributed by atoms with E-state index in [1.165, 1.54) is 19.0 Å². The van der Waals surface area contributed by atoms with Gasteiger partial charge >= 0.3 is 0 Å². The van der Waals surface area contributed by atoms with E-state index in [0.717, 1.165) is 42.5 Å². The van der Waals surface area contributed by atoms with Gasteiger partial charge in [0.05, 0.1) is 0 Å². The van der Waals surface area contributed by atoms with Crippen molar-refractivity contribution in [3.63, 3.8) is 0 Å². The second kappa shape index (κ2) is 8.80. The molecular weight excluding hydrogens is 338 g/mol. The van der Waals surface area contributed by atoms with Crippen molar-refractivity contribution in [2.24, 2.45) is 0 Å². The lowest BCUT2D eigenvalue weighted by Crippen LogP contribution is -2.35. The van der Waals surface area contributed by atoms with Crippen LogP contribution in [-0.4, -0.2) is 22.8 Å². The molecule has 27 heavy (non-hydrogen) atoms. The molecule has 5 heteroatoms. The zero-order valence-corrected chi connectivity index (χ0v) is 16.0. The average Bonchev–Trinajstić information content (AvgIpc) is 2.94. The predicted molar refractivity (Wildman–Crippen MR) is 107 cm³/mol. The van der Waals surface area contributed by atoms with Crippen LogP contribution in [0.5, 0.6) is 0 Å². The van der Waals surface area contributed by atoms with Gasteiger partial charge in [0.25, 0.3) is 11.8 Å². The van der Waals surface area contributed by atoms with Crippen LogP contribution in [0.4, 0.5) is 5.69 Å². The van der Waals surface area contributed by atoms with E-state index in [1.807, 2.05) is 32.0 Å². The maximum atomic E-state index is 12.6. The Kier molecular flexibility index (Phi) is 6.22. The van der Waals surface area contributed by atoms with Crippen LogP contribution in [0.3, 0.4) is 0 Å². The third-order valence-electron chi connectivity index (χ3n) is 5.30. The number of aryl methyl sites for hydroxylation is 1. The molecule has 0 spiro atoms. The number of carbonyl (C=O) groups is 2. The topological polar surface area (TPSA) is 71.1 Å². The number of rotatable bonds is 4. The summed E-state index contributed by atoms with van der Waals surface area (Å²) in [6, 6.07) is 9.19. The molecule has 2 aromatic rings. The summed E-state index contributed by atoms with van der Waals surface area (Å²) in [5, 5.41) is 6.00. The van der Waals surface area contributed by atoms with E-state index in [9.17, 15) is 9.59 Å². The van der Waals surface area contributed by atoms with Gasteiger partial charge in [0.15, 0.2) is 0 Å². The molecule has 0 bridgehead atoms. The van der Waals surface area contributed by atoms with Crippen molar-refractivity contribution in [3.05, 3.63) is 58.9 Å². The zero-order chi connectivity index (χ0) is 19.2. The van der Waals surface area contributed by atoms with Crippen molar-refractivity contribution >= 4 is 17.5 Å². The highest BCUT2D eigenvalue weighted by Crippen LogP contribution is 2.20. The van der Waals surface area contributed by atoms with Crippen molar-refractivity contribution in [3.8, 4) is 0 Å². The molecule has 1 aromatic carbocycles. The molecule has 1 aliphatic rings. The van der Waals surface area contributed by atoms with Gasteiger partial charge in [0.1, 0.15) is 5.69 Å². The molecule has 1 saturated carbocycles. The van der Waals surface area contributed by atoms with Crippen LogP contribution in [0.15, 0.2) is 36.5 Å². The minimum absolute atomic E-state index is 0.203. The third kappa shape index (κ3) is 4.94. The smallest absolute Gasteiger partial charge is 0.270 e. The highest BCUT2D eigenvalue weighted by Gasteiger charge is 2.18. The number of aromatic nitrogens is 1. The summed E-state index contributed by atoms with van der Waals surface area (Å²) in [4.78, 5) is 29.3. The van der Waals surface area contributed by atoms with E-state index in [2.05, 4.69) is 15.6 Å². The van der Waals surface area contributed by atoms with E-state index < -0.39 is 0 Å². The number of hydrogen-bond donors (Lipinski definition) is 2. The molecule has 0 saturated heterocycles. The molecule has 142 valence electrons. The van der Waals surface area contributed by atoms with Crippen LogP contribution in [-0.2, 0) is 0 Å². The minimum atomic E-state index is -0.241. The van der Waals surface area contributed by atoms with Gasteiger partial charge < -0.3 is 10.6 Å². The molecule has 0 unspecified atom stereocenters. The third-order valence-corrected chi connectivity index (χ3v) is 5.30. The largest absolute Gasteiger partial charge is 0.348 e. The van der Waals surface area contributed by atoms with Crippen molar-refractivity contribution in [1.82, 2.24) is 10.3 Å². The van der Waals surface area contributed by atoms with Gasteiger partial charge in [-0.15, -0.1) is 0 Å². The first-order chi connectivity index (χ1) is 13.0. The second-order valence-electron chi connectivity index (χ2n) is 7.29. The second-order valence-corrected chi connectivity index (χ2v) is 7.29. The Balaban J connectivity index is 1.69. The monoisotopic (exact) mass is 365 g/mol. The fourth-order valence-corrected chi connectivity index (χ4v) is 3.46. The number of hydrogen-bond acceptors (Lipinski definition) is 3. The summed E-state index contributed by atoms with van der Waals surface area (Å²) in [5.74, 6) is -0.446. The number of pyridine rings is 1. The molecule has 0 aliphatic heterocycles. The fraction of sp³-hybridized carbons (Fsp3) is 0.409. The molecule has 1 fully saturated rings. The fourth-order valence-electron chi connectivity index (χ4n) is 3.46. The van der Waals surface area contributed by atoms with E-state index in [0.29, 0.717) is 5.56 Å². The Labute approximate surface area is 160 Å². The maximum Gasteiger partial charge on any atom is 0.270 e. The Bertz CT molecular complexity index is 824. The van der Waals surface area contributed by atoms with Gasteiger partial charge in [-0.2, -0.15) is 0 Å². The van der Waals surface area contributed by atoms with Gasteiger partial charge in [-0.05, 0) is 56.0 Å². The molecule has 5 nitrogen and oxygen atoms in total. The summed E-state index contributed by atoms with van der Waals surface area (Å²) in [7, 11) is 0. The van der Waals surface area contributed by atoms with Crippen molar-refractivity contribution in [2.75, 3.05) is 5.32 Å². The van der Waals surface area contributed by atoms with Crippen LogP contribution >= 0.6 is 0 Å². The van der Waals surface area contributed by atoms with Crippen molar-refractivity contribution in [1.29, 1.82) is 0 Å². The van der Waals surface area contributed by atoms with Gasteiger partial charge in [0.2, 0.25) is 0 Å². The molecule has 1 heterocycles. The lowest BCUT2D eigenvalue weighted by molar-refractivity contribution is 0.0928. The summed E-state index contributed by atoms with van der Waals surface area (Å²) in [6.07, 6.45) is 8.31. The van der Waals surface area contributed by atoms with Gasteiger partial charge in [-0.25, -0.2) is 0 Å². The lowest BCUT2D eigenvalue weighted by atomic mass is 10.1. The van der Waals surface area contributed by atoms with E-state index in [4.69, 9.17) is 0 Å². The predicted octanol–water partition coefficient (Wildman–Crippen LogP) is 4.40. The molecular formula is C22H27N3O2. The first-order valence-corrected chi connectivity index (χ1v) is 9.69. The first-order valence-electron chi connectivity index (χ1n) is 9.69. The Hall–Kier alpha value is -2.69. The molecule has 2 amide bonds. The average molecular weight is 365 g/mol. The van der Waals surface area contributed by atoms with Crippen molar-refractivity contribution < 1.29 is 9.59 Å².